The highest BCUT2D eigenvalue weighted by molar-refractivity contribution is 5.75. The minimum Gasteiger partial charge on any atom is -0.426 e. The van der Waals surface area contributed by atoms with Gasteiger partial charge in [-0.05, 0) is 62.3 Å². The second-order valence-electron chi connectivity index (χ2n) is 8.79. The minimum atomic E-state index is -0.0746. The van der Waals surface area contributed by atoms with Gasteiger partial charge in [0, 0.05) is 18.1 Å². The van der Waals surface area contributed by atoms with E-state index in [1.165, 1.54) is 38.5 Å². The van der Waals surface area contributed by atoms with Gasteiger partial charge in [-0.3, -0.25) is 4.79 Å². The van der Waals surface area contributed by atoms with Crippen LogP contribution in [0.4, 0.5) is 0 Å². The number of unbranched alkanes of at least 4 members (excludes halogenated alkanes) is 4. The van der Waals surface area contributed by atoms with Gasteiger partial charge >= 0.3 is 5.97 Å². The first-order chi connectivity index (χ1) is 14.7. The first-order valence-electron chi connectivity index (χ1n) is 12.0. The van der Waals surface area contributed by atoms with E-state index >= 15 is 0 Å². The number of carbonyl (C=O) groups excluding carboxylic acids is 1. The maximum atomic E-state index is 12.6. The number of ether oxygens (including phenoxy) is 1. The Kier molecular flexibility index (Phi) is 8.98. The van der Waals surface area contributed by atoms with Crippen molar-refractivity contribution in [3.63, 3.8) is 0 Å². The molecule has 1 fully saturated rings. The summed E-state index contributed by atoms with van der Waals surface area (Å²) in [4.78, 5) is 12.6. The largest absolute Gasteiger partial charge is 0.426 e. The van der Waals surface area contributed by atoms with E-state index in [9.17, 15) is 4.79 Å². The Balaban J connectivity index is 1.46. The van der Waals surface area contributed by atoms with Crippen LogP contribution < -0.4 is 4.74 Å². The van der Waals surface area contributed by atoms with E-state index in [-0.39, 0.29) is 11.9 Å². The van der Waals surface area contributed by atoms with Crippen LogP contribution in [0.1, 0.15) is 90.2 Å². The lowest BCUT2D eigenvalue weighted by atomic mass is 9.80. The highest BCUT2D eigenvalue weighted by Gasteiger charge is 2.27. The summed E-state index contributed by atoms with van der Waals surface area (Å²) in [6, 6.07) is 9.61. The van der Waals surface area contributed by atoms with E-state index < -0.39 is 0 Å². The summed E-state index contributed by atoms with van der Waals surface area (Å²) in [5.74, 6) is 2.32. The Hall–Kier alpha value is -2.10. The number of nitrogens with zero attached hydrogens (tertiary/aromatic N) is 1. The van der Waals surface area contributed by atoms with Gasteiger partial charge in [0.05, 0.1) is 5.92 Å². The molecule has 1 aromatic carbocycles. The summed E-state index contributed by atoms with van der Waals surface area (Å²) in [5, 5.41) is 4.18. The van der Waals surface area contributed by atoms with Crippen molar-refractivity contribution in [1.29, 1.82) is 0 Å². The molecular weight excluding hydrogens is 374 g/mol. The molecule has 0 unspecified atom stereocenters. The van der Waals surface area contributed by atoms with E-state index in [1.807, 2.05) is 30.3 Å². The Labute approximate surface area is 181 Å². The lowest BCUT2D eigenvalue weighted by Crippen LogP contribution is -2.25. The van der Waals surface area contributed by atoms with Crippen LogP contribution in [-0.4, -0.2) is 11.1 Å². The Morgan fingerprint density at radius 1 is 1.00 bits per heavy atom. The molecule has 1 saturated carbocycles. The number of benzene rings is 1. The van der Waals surface area contributed by atoms with Gasteiger partial charge in [-0.1, -0.05) is 57.5 Å². The highest BCUT2D eigenvalue weighted by Crippen LogP contribution is 2.33. The fourth-order valence-corrected chi connectivity index (χ4v) is 4.38. The molecule has 0 radical (unpaired) electrons. The van der Waals surface area contributed by atoms with E-state index in [1.54, 1.807) is 0 Å². The molecule has 1 aromatic heterocycles. The molecule has 1 heterocycles. The van der Waals surface area contributed by atoms with Crippen molar-refractivity contribution in [2.75, 3.05) is 0 Å². The number of aryl methyl sites for hydroxylation is 1. The number of aromatic nitrogens is 1. The van der Waals surface area contributed by atoms with Crippen LogP contribution in [-0.2, 0) is 11.2 Å². The van der Waals surface area contributed by atoms with Crippen molar-refractivity contribution in [1.82, 2.24) is 5.16 Å². The molecule has 164 valence electrons. The maximum Gasteiger partial charge on any atom is 0.314 e. The van der Waals surface area contributed by atoms with Gasteiger partial charge in [-0.25, -0.2) is 0 Å². The average molecular weight is 412 g/mol. The van der Waals surface area contributed by atoms with Crippen molar-refractivity contribution >= 4 is 5.97 Å². The van der Waals surface area contributed by atoms with E-state index in [4.69, 9.17) is 9.26 Å². The quantitative estimate of drug-likeness (QED) is 0.220. The molecule has 0 aliphatic heterocycles. The first kappa shape index (κ1) is 22.6. The normalized spacial score (nSPS) is 19.0. The van der Waals surface area contributed by atoms with E-state index in [0.29, 0.717) is 5.75 Å². The predicted octanol–water partition coefficient (Wildman–Crippen LogP) is 7.37. The topological polar surface area (TPSA) is 52.3 Å². The van der Waals surface area contributed by atoms with Crippen LogP contribution in [0.2, 0.25) is 0 Å². The number of hydrogen-bond donors (Lipinski definition) is 0. The van der Waals surface area contributed by atoms with E-state index in [0.717, 1.165) is 61.5 Å². The average Bonchev–Trinajstić information content (AvgIpc) is 3.24. The van der Waals surface area contributed by atoms with Gasteiger partial charge in [-0.2, -0.15) is 0 Å². The zero-order valence-corrected chi connectivity index (χ0v) is 18.7. The summed E-state index contributed by atoms with van der Waals surface area (Å²) in [5.41, 5.74) is 1.81. The molecule has 1 aliphatic rings. The van der Waals surface area contributed by atoms with Gasteiger partial charge in [0.25, 0.3) is 0 Å². The molecule has 0 amide bonds. The summed E-state index contributed by atoms with van der Waals surface area (Å²) < 4.78 is 11.1. The van der Waals surface area contributed by atoms with Gasteiger partial charge in [0.1, 0.15) is 17.2 Å². The zero-order valence-electron chi connectivity index (χ0n) is 18.7. The van der Waals surface area contributed by atoms with Crippen molar-refractivity contribution in [2.24, 2.45) is 11.8 Å². The van der Waals surface area contributed by atoms with Crippen LogP contribution in [0.15, 0.2) is 34.9 Å². The Morgan fingerprint density at radius 2 is 1.70 bits per heavy atom. The molecule has 0 spiro atoms. The van der Waals surface area contributed by atoms with Crippen molar-refractivity contribution in [3.8, 4) is 17.0 Å². The Morgan fingerprint density at radius 3 is 2.40 bits per heavy atom. The van der Waals surface area contributed by atoms with Crippen LogP contribution in [0.5, 0.6) is 5.75 Å². The van der Waals surface area contributed by atoms with Crippen molar-refractivity contribution < 1.29 is 14.1 Å². The first-order valence-corrected chi connectivity index (χ1v) is 12.0. The molecule has 4 heteroatoms. The van der Waals surface area contributed by atoms with Gasteiger partial charge in [0.2, 0.25) is 0 Å². The van der Waals surface area contributed by atoms with Gasteiger partial charge in [0.15, 0.2) is 0 Å². The SMILES string of the molecule is CCCCCc1cc(-c2ccc(OC(=O)C3CCC(CCCCC)CC3)cc2)no1. The summed E-state index contributed by atoms with van der Waals surface area (Å²) in [7, 11) is 0. The van der Waals surface area contributed by atoms with Gasteiger partial charge in [-0.15, -0.1) is 0 Å². The molecule has 0 N–H and O–H groups in total. The fraction of sp³-hybridized carbons (Fsp3) is 0.615. The lowest BCUT2D eigenvalue weighted by Gasteiger charge is -2.27. The van der Waals surface area contributed by atoms with Crippen LogP contribution in [0.25, 0.3) is 11.3 Å². The molecule has 0 atom stereocenters. The van der Waals surface area contributed by atoms with Crippen LogP contribution >= 0.6 is 0 Å². The van der Waals surface area contributed by atoms with Crippen LogP contribution in [0, 0.1) is 11.8 Å². The maximum absolute atomic E-state index is 12.6. The molecular formula is C26H37NO3. The zero-order chi connectivity index (χ0) is 21.2. The molecule has 2 aromatic rings. The lowest BCUT2D eigenvalue weighted by molar-refractivity contribution is -0.140. The second-order valence-corrected chi connectivity index (χ2v) is 8.79. The van der Waals surface area contributed by atoms with Crippen molar-refractivity contribution in [3.05, 3.63) is 36.1 Å². The molecule has 1 aliphatic carbocycles. The number of rotatable bonds is 11. The summed E-state index contributed by atoms with van der Waals surface area (Å²) in [6.07, 6.45) is 14.0. The van der Waals surface area contributed by atoms with Crippen LogP contribution in [0.3, 0.4) is 0 Å². The highest BCUT2D eigenvalue weighted by atomic mass is 16.5. The smallest absolute Gasteiger partial charge is 0.314 e. The molecule has 0 bridgehead atoms. The third-order valence-electron chi connectivity index (χ3n) is 6.35. The predicted molar refractivity (Wildman–Crippen MR) is 120 cm³/mol. The number of carbonyl (C=O) groups is 1. The molecule has 4 nitrogen and oxygen atoms in total. The van der Waals surface area contributed by atoms with E-state index in [2.05, 4.69) is 19.0 Å². The second kappa shape index (κ2) is 11.9. The monoisotopic (exact) mass is 411 g/mol. The summed E-state index contributed by atoms with van der Waals surface area (Å²) in [6.45, 7) is 4.44. The van der Waals surface area contributed by atoms with Gasteiger partial charge < -0.3 is 9.26 Å². The number of esters is 1. The minimum absolute atomic E-state index is 0.0494. The standard InChI is InChI=1S/C26H37NO3/c1-3-5-7-9-20-11-13-22(14-12-20)26(28)29-23-17-15-21(16-18-23)25-19-24(30-27-25)10-8-6-4-2/h15-20,22H,3-14H2,1-2H3. The van der Waals surface area contributed by atoms with Crippen molar-refractivity contribution in [2.45, 2.75) is 90.9 Å². The third-order valence-corrected chi connectivity index (χ3v) is 6.35. The molecule has 3 rings (SSSR count). The number of hydrogen-bond acceptors (Lipinski definition) is 4. The molecule has 30 heavy (non-hydrogen) atoms. The molecule has 0 saturated heterocycles. The fourth-order valence-electron chi connectivity index (χ4n) is 4.38. The third kappa shape index (κ3) is 6.72. The summed E-state index contributed by atoms with van der Waals surface area (Å²) >= 11 is 0. The Bertz CT molecular complexity index is 757.